The molecule has 5 aromatic rings. The number of furan rings is 1. The molecule has 0 aliphatic rings. The molecule has 42 heavy (non-hydrogen) atoms. The molecule has 10 heteroatoms. The Morgan fingerprint density at radius 1 is 0.905 bits per heavy atom. The zero-order valence-electron chi connectivity index (χ0n) is 23.5. The summed E-state index contributed by atoms with van der Waals surface area (Å²) in [6, 6.07) is 22.1. The molecule has 0 radical (unpaired) electrons. The van der Waals surface area contributed by atoms with Crippen molar-refractivity contribution in [3.05, 3.63) is 124 Å². The van der Waals surface area contributed by atoms with Crippen molar-refractivity contribution in [2.45, 2.75) is 40.5 Å². The van der Waals surface area contributed by atoms with Gasteiger partial charge >= 0.3 is 12.1 Å². The van der Waals surface area contributed by atoms with E-state index < -0.39 is 17.6 Å². The zero-order valence-corrected chi connectivity index (χ0v) is 23.5. The van der Waals surface area contributed by atoms with Gasteiger partial charge in [0.05, 0.1) is 17.5 Å². The summed E-state index contributed by atoms with van der Waals surface area (Å²) in [5.41, 5.74) is 6.71. The maximum absolute atomic E-state index is 13.6. The van der Waals surface area contributed by atoms with Crippen LogP contribution in [0.25, 0.3) is 11.4 Å². The molecule has 7 nitrogen and oxygen atoms in total. The second-order valence-electron chi connectivity index (χ2n) is 9.88. The number of halogens is 3. The lowest BCUT2D eigenvalue weighted by Crippen LogP contribution is -2.17. The van der Waals surface area contributed by atoms with Crippen molar-refractivity contribution in [3.8, 4) is 17.1 Å². The third-order valence-electron chi connectivity index (χ3n) is 6.92. The van der Waals surface area contributed by atoms with E-state index in [-0.39, 0.29) is 18.1 Å². The molecule has 0 spiro atoms. The number of aromatic nitrogens is 2. The lowest BCUT2D eigenvalue weighted by Gasteiger charge is -2.16. The molecule has 1 amide bonds. The number of amides is 1. The van der Waals surface area contributed by atoms with Crippen LogP contribution in [-0.4, -0.2) is 21.3 Å². The van der Waals surface area contributed by atoms with Gasteiger partial charge in [0, 0.05) is 34.0 Å². The molecule has 0 atom stereocenters. The molecule has 0 saturated carbocycles. The van der Waals surface area contributed by atoms with Crippen molar-refractivity contribution in [1.29, 1.82) is 0 Å². The van der Waals surface area contributed by atoms with Crippen molar-refractivity contribution >= 4 is 12.1 Å². The predicted octanol–water partition coefficient (Wildman–Crippen LogP) is 7.46. The Morgan fingerprint density at radius 2 is 1.60 bits per heavy atom. The number of aryl methyl sites for hydroxylation is 3. The maximum atomic E-state index is 13.6. The molecular formula is C32H29F3N4O3. The van der Waals surface area contributed by atoms with E-state index in [2.05, 4.69) is 27.2 Å². The summed E-state index contributed by atoms with van der Waals surface area (Å²) in [5, 5.41) is 3.99. The molecular weight excluding hydrogens is 545 g/mol. The highest BCUT2D eigenvalue weighted by atomic mass is 19.4. The highest BCUT2D eigenvalue weighted by Gasteiger charge is 2.34. The molecule has 0 bridgehead atoms. The van der Waals surface area contributed by atoms with E-state index in [0.717, 1.165) is 23.1 Å². The third-order valence-corrected chi connectivity index (χ3v) is 6.92. The Kier molecular flexibility index (Phi) is 7.80. The first-order chi connectivity index (χ1) is 20.0. The fourth-order valence-corrected chi connectivity index (χ4v) is 4.91. The smallest absolute Gasteiger partial charge is 0.418 e. The number of carbonyl (C=O) groups excluding carboxylic acids is 1. The van der Waals surface area contributed by atoms with E-state index in [4.69, 9.17) is 9.15 Å². The standard InChI is InChI=1S/C32H29F3N4O3/c1-20-9-10-21(2)38(20)25-11-13-26(14-12-25)41-19-27-15-16-30(42-27)31(40)37-36-18-24-17-22(3)39(23(24)4)29-8-6-5-7-28(29)32(33,34)35/h5-18H,19H2,1-4H3,(H,37,40)/b36-18+. The van der Waals surface area contributed by atoms with Gasteiger partial charge < -0.3 is 18.3 Å². The number of hydrogen-bond donors (Lipinski definition) is 1. The largest absolute Gasteiger partial charge is 0.486 e. The molecule has 2 aromatic carbocycles. The fourth-order valence-electron chi connectivity index (χ4n) is 4.91. The van der Waals surface area contributed by atoms with Crippen LogP contribution in [0.15, 0.2) is 88.4 Å². The molecule has 3 heterocycles. The first kappa shape index (κ1) is 28.5. The van der Waals surface area contributed by atoms with E-state index in [1.165, 1.54) is 29.0 Å². The van der Waals surface area contributed by atoms with Gasteiger partial charge in [-0.2, -0.15) is 18.3 Å². The first-order valence-corrected chi connectivity index (χ1v) is 13.2. The predicted molar refractivity (Wildman–Crippen MR) is 154 cm³/mol. The van der Waals surface area contributed by atoms with Crippen LogP contribution in [0, 0.1) is 27.7 Å². The van der Waals surface area contributed by atoms with Gasteiger partial charge in [0.2, 0.25) is 0 Å². The number of nitrogens with one attached hydrogen (secondary N) is 1. The van der Waals surface area contributed by atoms with E-state index in [1.807, 2.05) is 38.1 Å². The minimum atomic E-state index is -4.50. The van der Waals surface area contributed by atoms with Gasteiger partial charge in [-0.05, 0) is 94.4 Å². The Hall–Kier alpha value is -4.99. The minimum Gasteiger partial charge on any atom is -0.486 e. The quantitative estimate of drug-likeness (QED) is 0.155. The monoisotopic (exact) mass is 574 g/mol. The first-order valence-electron chi connectivity index (χ1n) is 13.2. The number of para-hydroxylation sites is 1. The van der Waals surface area contributed by atoms with Gasteiger partial charge in [0.1, 0.15) is 18.1 Å². The Labute approximate surface area is 240 Å². The maximum Gasteiger partial charge on any atom is 0.418 e. The number of hydrogen-bond acceptors (Lipinski definition) is 4. The molecule has 0 unspecified atom stereocenters. The van der Waals surface area contributed by atoms with Crippen molar-refractivity contribution in [1.82, 2.24) is 14.6 Å². The van der Waals surface area contributed by atoms with E-state index >= 15 is 0 Å². The van der Waals surface area contributed by atoms with Crippen molar-refractivity contribution in [2.24, 2.45) is 5.10 Å². The minimum absolute atomic E-state index is 0.0241. The van der Waals surface area contributed by atoms with Crippen LogP contribution in [0.5, 0.6) is 5.75 Å². The Morgan fingerprint density at radius 3 is 2.29 bits per heavy atom. The topological polar surface area (TPSA) is 73.7 Å². The van der Waals surface area contributed by atoms with Crippen LogP contribution in [0.2, 0.25) is 0 Å². The SMILES string of the molecule is Cc1ccc(C)n1-c1ccc(OCc2ccc(C(=O)N/N=C/c3cc(C)n(-c4ccccc4C(F)(F)F)c3C)o2)cc1. The number of benzene rings is 2. The number of nitrogens with zero attached hydrogens (tertiary/aromatic N) is 3. The normalized spacial score (nSPS) is 11.8. The van der Waals surface area contributed by atoms with Crippen LogP contribution in [0.3, 0.4) is 0 Å². The summed E-state index contributed by atoms with van der Waals surface area (Å²) < 4.78 is 55.8. The molecule has 3 aromatic heterocycles. The fraction of sp³-hybridized carbons (Fsp3) is 0.188. The molecule has 1 N–H and O–H groups in total. The molecule has 0 saturated heterocycles. The van der Waals surface area contributed by atoms with Crippen LogP contribution in [0.4, 0.5) is 13.2 Å². The second-order valence-corrected chi connectivity index (χ2v) is 9.88. The van der Waals surface area contributed by atoms with Gasteiger partial charge in [0.15, 0.2) is 5.76 Å². The van der Waals surface area contributed by atoms with Crippen molar-refractivity contribution in [3.63, 3.8) is 0 Å². The summed E-state index contributed by atoms with van der Waals surface area (Å²) in [6.45, 7) is 7.63. The van der Waals surface area contributed by atoms with Crippen LogP contribution in [-0.2, 0) is 12.8 Å². The average Bonchev–Trinajstić information content (AvgIpc) is 3.64. The van der Waals surface area contributed by atoms with Gasteiger partial charge in [-0.3, -0.25) is 4.79 Å². The Bertz CT molecular complexity index is 1740. The van der Waals surface area contributed by atoms with Gasteiger partial charge in [-0.1, -0.05) is 12.1 Å². The average molecular weight is 575 g/mol. The van der Waals surface area contributed by atoms with Crippen LogP contribution in [0.1, 0.15) is 50.2 Å². The summed E-state index contributed by atoms with van der Waals surface area (Å²) in [4.78, 5) is 12.6. The molecule has 5 rings (SSSR count). The Balaban J connectivity index is 1.20. The van der Waals surface area contributed by atoms with Gasteiger partial charge in [-0.25, -0.2) is 5.43 Å². The van der Waals surface area contributed by atoms with Crippen LogP contribution >= 0.6 is 0 Å². The molecule has 0 aliphatic heterocycles. The van der Waals surface area contributed by atoms with Crippen molar-refractivity contribution in [2.75, 3.05) is 0 Å². The lowest BCUT2D eigenvalue weighted by atomic mass is 10.1. The van der Waals surface area contributed by atoms with E-state index in [1.54, 1.807) is 32.0 Å². The van der Waals surface area contributed by atoms with E-state index in [9.17, 15) is 18.0 Å². The highest BCUT2D eigenvalue weighted by Crippen LogP contribution is 2.35. The highest BCUT2D eigenvalue weighted by molar-refractivity contribution is 5.92. The molecule has 0 fully saturated rings. The second kappa shape index (κ2) is 11.5. The third kappa shape index (κ3) is 5.88. The summed E-state index contributed by atoms with van der Waals surface area (Å²) in [5.74, 6) is 0.584. The lowest BCUT2D eigenvalue weighted by molar-refractivity contribution is -0.137. The number of carbonyl (C=O) groups is 1. The van der Waals surface area contributed by atoms with Crippen molar-refractivity contribution < 1.29 is 27.1 Å². The molecule has 216 valence electrons. The summed E-state index contributed by atoms with van der Waals surface area (Å²) >= 11 is 0. The number of ether oxygens (including phenoxy) is 1. The number of alkyl halides is 3. The number of hydrazone groups is 1. The summed E-state index contributed by atoms with van der Waals surface area (Å²) in [7, 11) is 0. The summed E-state index contributed by atoms with van der Waals surface area (Å²) in [6.07, 6.45) is -3.11. The number of rotatable bonds is 8. The zero-order chi connectivity index (χ0) is 30.0. The van der Waals surface area contributed by atoms with E-state index in [0.29, 0.717) is 28.5 Å². The van der Waals surface area contributed by atoms with Gasteiger partial charge in [0.25, 0.3) is 0 Å². The molecule has 0 aliphatic carbocycles. The van der Waals surface area contributed by atoms with Crippen LogP contribution < -0.4 is 10.2 Å². The van der Waals surface area contributed by atoms with Gasteiger partial charge in [-0.15, -0.1) is 0 Å².